The van der Waals surface area contributed by atoms with E-state index >= 15 is 0 Å². The van der Waals surface area contributed by atoms with Crippen molar-refractivity contribution in [3.05, 3.63) is 41.4 Å². The molecule has 4 nitrogen and oxygen atoms in total. The molecule has 0 aliphatic carbocycles. The van der Waals surface area contributed by atoms with Crippen molar-refractivity contribution in [1.82, 2.24) is 10.3 Å². The largest absolute Gasteiger partial charge is 0.480 e. The van der Waals surface area contributed by atoms with E-state index in [1.165, 1.54) is 0 Å². The molecule has 0 saturated carbocycles. The lowest BCUT2D eigenvalue weighted by atomic mass is 10.0. The number of aromatic nitrogens is 1. The minimum absolute atomic E-state index is 0.347. The summed E-state index contributed by atoms with van der Waals surface area (Å²) >= 11 is 1.59. The zero-order valence-electron chi connectivity index (χ0n) is 12.2. The second-order valence-corrected chi connectivity index (χ2v) is 6.51. The van der Waals surface area contributed by atoms with Crippen molar-refractivity contribution >= 4 is 17.3 Å². The zero-order valence-corrected chi connectivity index (χ0v) is 13.1. The van der Waals surface area contributed by atoms with Gasteiger partial charge in [0, 0.05) is 23.2 Å². The van der Waals surface area contributed by atoms with Crippen LogP contribution in [-0.2, 0) is 11.3 Å². The molecule has 0 saturated heterocycles. The molecular formula is C16H20N2O2S. The van der Waals surface area contributed by atoms with Crippen molar-refractivity contribution < 1.29 is 9.90 Å². The Labute approximate surface area is 128 Å². The lowest BCUT2D eigenvalue weighted by molar-refractivity contribution is -0.140. The molecule has 0 spiro atoms. The lowest BCUT2D eigenvalue weighted by Crippen LogP contribution is -2.37. The number of thiazole rings is 1. The Morgan fingerprint density at radius 1 is 1.33 bits per heavy atom. The summed E-state index contributed by atoms with van der Waals surface area (Å²) in [6.45, 7) is 4.59. The van der Waals surface area contributed by atoms with E-state index in [4.69, 9.17) is 0 Å². The molecule has 1 aromatic carbocycles. The maximum absolute atomic E-state index is 11.2. The molecule has 0 aliphatic rings. The van der Waals surface area contributed by atoms with Crippen molar-refractivity contribution in [1.29, 1.82) is 0 Å². The molecule has 2 rings (SSSR count). The van der Waals surface area contributed by atoms with Gasteiger partial charge in [-0.15, -0.1) is 11.3 Å². The van der Waals surface area contributed by atoms with Gasteiger partial charge in [0.25, 0.3) is 0 Å². The molecule has 0 aliphatic heterocycles. The van der Waals surface area contributed by atoms with Crippen molar-refractivity contribution in [2.75, 3.05) is 0 Å². The number of benzene rings is 1. The molecule has 1 atom stereocenters. The SMILES string of the molecule is CC(C)C[C@H](NCc1cnc(-c2ccccc2)s1)C(=O)O. The average molecular weight is 304 g/mol. The van der Waals surface area contributed by atoms with Crippen LogP contribution in [0.4, 0.5) is 0 Å². The fourth-order valence-electron chi connectivity index (χ4n) is 2.07. The van der Waals surface area contributed by atoms with E-state index in [0.29, 0.717) is 18.9 Å². The van der Waals surface area contributed by atoms with Crippen LogP contribution >= 0.6 is 11.3 Å². The Kier molecular flexibility index (Phi) is 5.47. The van der Waals surface area contributed by atoms with Gasteiger partial charge in [-0.2, -0.15) is 0 Å². The highest BCUT2D eigenvalue weighted by Gasteiger charge is 2.18. The summed E-state index contributed by atoms with van der Waals surface area (Å²) in [5.74, 6) is -0.448. The Morgan fingerprint density at radius 3 is 2.67 bits per heavy atom. The first-order valence-corrected chi connectivity index (χ1v) is 7.84. The van der Waals surface area contributed by atoms with Crippen molar-refractivity contribution in [2.24, 2.45) is 5.92 Å². The predicted octanol–water partition coefficient (Wildman–Crippen LogP) is 3.40. The number of nitrogens with zero attached hydrogens (tertiary/aromatic N) is 1. The normalized spacial score (nSPS) is 12.5. The van der Waals surface area contributed by atoms with Gasteiger partial charge in [0.2, 0.25) is 0 Å². The van der Waals surface area contributed by atoms with Crippen LogP contribution in [0.2, 0.25) is 0 Å². The third-order valence-electron chi connectivity index (χ3n) is 3.10. The maximum Gasteiger partial charge on any atom is 0.320 e. The summed E-state index contributed by atoms with van der Waals surface area (Å²) in [4.78, 5) is 16.7. The molecule has 112 valence electrons. The molecule has 2 N–H and O–H groups in total. The van der Waals surface area contributed by atoms with E-state index in [2.05, 4.69) is 10.3 Å². The highest BCUT2D eigenvalue weighted by molar-refractivity contribution is 7.15. The Hall–Kier alpha value is -1.72. The molecule has 1 aromatic heterocycles. The van der Waals surface area contributed by atoms with Crippen LogP contribution in [0, 0.1) is 5.92 Å². The second-order valence-electron chi connectivity index (χ2n) is 5.40. The minimum atomic E-state index is -0.795. The molecule has 0 unspecified atom stereocenters. The summed E-state index contributed by atoms with van der Waals surface area (Å²) in [6, 6.07) is 9.48. The van der Waals surface area contributed by atoms with Gasteiger partial charge in [0.05, 0.1) is 0 Å². The maximum atomic E-state index is 11.2. The number of rotatable bonds is 7. The fourth-order valence-corrected chi connectivity index (χ4v) is 2.94. The first-order valence-electron chi connectivity index (χ1n) is 7.02. The monoisotopic (exact) mass is 304 g/mol. The van der Waals surface area contributed by atoms with Gasteiger partial charge in [-0.05, 0) is 12.3 Å². The van der Waals surface area contributed by atoms with Crippen molar-refractivity contribution in [2.45, 2.75) is 32.9 Å². The molecule has 21 heavy (non-hydrogen) atoms. The summed E-state index contributed by atoms with van der Waals surface area (Å²) in [7, 11) is 0. The van der Waals surface area contributed by atoms with E-state index in [9.17, 15) is 9.90 Å². The number of hydrogen-bond donors (Lipinski definition) is 2. The molecule has 1 heterocycles. The quantitative estimate of drug-likeness (QED) is 0.823. The van der Waals surface area contributed by atoms with Crippen LogP contribution in [0.1, 0.15) is 25.1 Å². The van der Waals surface area contributed by atoms with Crippen LogP contribution in [0.5, 0.6) is 0 Å². The van der Waals surface area contributed by atoms with Gasteiger partial charge in [-0.25, -0.2) is 4.98 Å². The Morgan fingerprint density at radius 2 is 2.05 bits per heavy atom. The molecule has 5 heteroatoms. The zero-order chi connectivity index (χ0) is 15.2. The summed E-state index contributed by atoms with van der Waals surface area (Å²) in [6.07, 6.45) is 2.44. The van der Waals surface area contributed by atoms with E-state index in [1.807, 2.05) is 50.4 Å². The van der Waals surface area contributed by atoms with E-state index < -0.39 is 12.0 Å². The van der Waals surface area contributed by atoms with Crippen LogP contribution < -0.4 is 5.32 Å². The van der Waals surface area contributed by atoms with Crippen LogP contribution in [0.3, 0.4) is 0 Å². The third-order valence-corrected chi connectivity index (χ3v) is 4.15. The number of nitrogens with one attached hydrogen (secondary N) is 1. The Balaban J connectivity index is 1.98. The first kappa shape index (κ1) is 15.7. The highest BCUT2D eigenvalue weighted by Crippen LogP contribution is 2.24. The first-order chi connectivity index (χ1) is 10.1. The molecule has 0 fully saturated rings. The number of aliphatic carboxylic acids is 1. The van der Waals surface area contributed by atoms with Gasteiger partial charge in [-0.3, -0.25) is 10.1 Å². The van der Waals surface area contributed by atoms with Gasteiger partial charge in [0.1, 0.15) is 11.0 Å². The van der Waals surface area contributed by atoms with Crippen LogP contribution in [0.25, 0.3) is 10.6 Å². The number of carboxylic acid groups (broad SMARTS) is 1. The highest BCUT2D eigenvalue weighted by atomic mass is 32.1. The smallest absolute Gasteiger partial charge is 0.320 e. The standard InChI is InChI=1S/C16H20N2O2S/c1-11(2)8-14(16(19)20)17-9-13-10-18-15(21-13)12-6-4-3-5-7-12/h3-7,10-11,14,17H,8-9H2,1-2H3,(H,19,20)/t14-/m0/s1. The van der Waals surface area contributed by atoms with E-state index in [1.54, 1.807) is 11.3 Å². The van der Waals surface area contributed by atoms with Gasteiger partial charge >= 0.3 is 5.97 Å². The third kappa shape index (κ3) is 4.65. The lowest BCUT2D eigenvalue weighted by Gasteiger charge is -2.15. The van der Waals surface area contributed by atoms with Crippen molar-refractivity contribution in [3.63, 3.8) is 0 Å². The summed E-state index contributed by atoms with van der Waals surface area (Å²) < 4.78 is 0. The van der Waals surface area contributed by atoms with Gasteiger partial charge in [-0.1, -0.05) is 44.2 Å². The molecule has 0 amide bonds. The second kappa shape index (κ2) is 7.33. The number of carbonyl (C=O) groups is 1. The Bertz CT molecular complexity index is 581. The van der Waals surface area contributed by atoms with E-state index in [-0.39, 0.29) is 0 Å². The minimum Gasteiger partial charge on any atom is -0.480 e. The summed E-state index contributed by atoms with van der Waals surface area (Å²) in [5.41, 5.74) is 1.09. The van der Waals surface area contributed by atoms with Crippen LogP contribution in [-0.4, -0.2) is 22.1 Å². The average Bonchev–Trinajstić information content (AvgIpc) is 2.92. The number of hydrogen-bond acceptors (Lipinski definition) is 4. The molecule has 0 bridgehead atoms. The molecular weight excluding hydrogens is 284 g/mol. The molecule has 0 radical (unpaired) electrons. The predicted molar refractivity (Wildman–Crippen MR) is 85.3 cm³/mol. The fraction of sp³-hybridized carbons (Fsp3) is 0.375. The number of carboxylic acids is 1. The van der Waals surface area contributed by atoms with E-state index in [0.717, 1.165) is 15.4 Å². The summed E-state index contributed by atoms with van der Waals surface area (Å²) in [5, 5.41) is 13.3. The van der Waals surface area contributed by atoms with Gasteiger partial charge in [0.15, 0.2) is 0 Å². The topological polar surface area (TPSA) is 62.2 Å². The van der Waals surface area contributed by atoms with Gasteiger partial charge < -0.3 is 5.11 Å². The van der Waals surface area contributed by atoms with Crippen molar-refractivity contribution in [3.8, 4) is 10.6 Å². The molecule has 2 aromatic rings. The van der Waals surface area contributed by atoms with Crippen LogP contribution in [0.15, 0.2) is 36.5 Å².